The predicted octanol–water partition coefficient (Wildman–Crippen LogP) is 0.378. The summed E-state index contributed by atoms with van der Waals surface area (Å²) in [5, 5.41) is 22.3. The summed E-state index contributed by atoms with van der Waals surface area (Å²) in [6.45, 7) is 6.33. The lowest BCUT2D eigenvalue weighted by atomic mass is 9.90. The summed E-state index contributed by atoms with van der Waals surface area (Å²) in [7, 11) is 1.73. The van der Waals surface area contributed by atoms with E-state index in [4.69, 9.17) is 0 Å². The largest absolute Gasteiger partial charge is 0.391 e. The topological polar surface area (TPSA) is 67.1 Å². The lowest BCUT2D eigenvalue weighted by Crippen LogP contribution is -2.54. The normalized spacial score (nSPS) is 20.0. The van der Waals surface area contributed by atoms with Crippen LogP contribution in [0.15, 0.2) is 0 Å². The molecule has 0 saturated carbocycles. The molecule has 0 bridgehead atoms. The molecule has 1 fully saturated rings. The Balaban J connectivity index is 1.99. The molecule has 0 spiro atoms. The molecule has 1 aliphatic rings. The summed E-state index contributed by atoms with van der Waals surface area (Å²) in [5.41, 5.74) is -0.236. The third-order valence-electron chi connectivity index (χ3n) is 3.91. The molecule has 1 aliphatic heterocycles. The van der Waals surface area contributed by atoms with Crippen molar-refractivity contribution in [2.75, 3.05) is 13.1 Å². The maximum atomic E-state index is 10.4. The van der Waals surface area contributed by atoms with Crippen LogP contribution in [0.3, 0.4) is 0 Å². The minimum absolute atomic E-state index is 0.236. The van der Waals surface area contributed by atoms with Crippen LogP contribution in [0.25, 0.3) is 0 Å². The molecule has 1 atom stereocenters. The van der Waals surface area contributed by atoms with E-state index < -0.39 is 6.10 Å². The summed E-state index contributed by atoms with van der Waals surface area (Å²) >= 11 is 0. The summed E-state index contributed by atoms with van der Waals surface area (Å²) in [6.07, 6.45) is 3.73. The van der Waals surface area contributed by atoms with Crippen LogP contribution in [-0.2, 0) is 13.5 Å². The van der Waals surface area contributed by atoms with Crippen molar-refractivity contribution in [3.63, 3.8) is 0 Å². The summed E-state index contributed by atoms with van der Waals surface area (Å²) < 4.78 is 0. The Morgan fingerprint density at radius 2 is 1.94 bits per heavy atom. The van der Waals surface area contributed by atoms with Gasteiger partial charge < -0.3 is 5.11 Å². The van der Waals surface area contributed by atoms with Gasteiger partial charge in [-0.15, -0.1) is 10.2 Å². The molecule has 2 heterocycles. The first-order valence-electron chi connectivity index (χ1n) is 6.66. The molecule has 0 amide bonds. The first kappa shape index (κ1) is 13.4. The van der Waals surface area contributed by atoms with Gasteiger partial charge in [-0.05, 0) is 45.0 Å². The van der Waals surface area contributed by atoms with E-state index in [0.717, 1.165) is 13.1 Å². The van der Waals surface area contributed by atoms with Gasteiger partial charge in [-0.3, -0.25) is 4.90 Å². The Bertz CT molecular complexity index is 384. The molecular formula is C12H23N5O. The third kappa shape index (κ3) is 2.87. The van der Waals surface area contributed by atoms with Crippen molar-refractivity contribution in [2.45, 2.75) is 51.2 Å². The average Bonchev–Trinajstić information content (AvgIpc) is 2.76. The zero-order valence-electron chi connectivity index (χ0n) is 11.5. The number of hydrogen-bond donors (Lipinski definition) is 1. The van der Waals surface area contributed by atoms with E-state index in [1.54, 1.807) is 7.05 Å². The molecule has 0 radical (unpaired) electrons. The van der Waals surface area contributed by atoms with Gasteiger partial charge in [-0.1, -0.05) is 6.42 Å². The first-order chi connectivity index (χ1) is 8.50. The van der Waals surface area contributed by atoms with Crippen molar-refractivity contribution in [1.82, 2.24) is 25.1 Å². The number of aromatic nitrogens is 4. The molecule has 0 aromatic carbocycles. The van der Waals surface area contributed by atoms with Crippen LogP contribution >= 0.6 is 0 Å². The molecule has 102 valence electrons. The molecule has 1 unspecified atom stereocenters. The fraction of sp³-hybridized carbons (Fsp3) is 0.917. The van der Waals surface area contributed by atoms with Crippen LogP contribution in [-0.4, -0.2) is 54.9 Å². The SMILES string of the molecule is Cn1nnc(CC(O)C(C)(C)N2CCCCC2)n1. The van der Waals surface area contributed by atoms with Crippen molar-refractivity contribution in [2.24, 2.45) is 7.05 Å². The molecule has 6 heteroatoms. The van der Waals surface area contributed by atoms with Gasteiger partial charge in [-0.25, -0.2) is 0 Å². The first-order valence-corrected chi connectivity index (χ1v) is 6.66. The van der Waals surface area contributed by atoms with E-state index in [1.807, 2.05) is 0 Å². The molecule has 6 nitrogen and oxygen atoms in total. The smallest absolute Gasteiger partial charge is 0.177 e. The number of aryl methyl sites for hydroxylation is 1. The number of rotatable bonds is 4. The highest BCUT2D eigenvalue weighted by Gasteiger charge is 2.35. The number of nitrogens with zero attached hydrogens (tertiary/aromatic N) is 5. The Morgan fingerprint density at radius 3 is 2.50 bits per heavy atom. The van der Waals surface area contributed by atoms with Crippen LogP contribution in [0.1, 0.15) is 38.9 Å². The standard InChI is InChI=1S/C12H23N5O/c1-12(2,17-7-5-4-6-8-17)10(18)9-11-13-15-16(3)14-11/h10,18H,4-9H2,1-3H3. The van der Waals surface area contributed by atoms with Crippen molar-refractivity contribution in [3.05, 3.63) is 5.82 Å². The van der Waals surface area contributed by atoms with E-state index in [2.05, 4.69) is 34.2 Å². The summed E-state index contributed by atoms with van der Waals surface area (Å²) in [4.78, 5) is 3.80. The summed E-state index contributed by atoms with van der Waals surface area (Å²) in [5.74, 6) is 0.607. The fourth-order valence-corrected chi connectivity index (χ4v) is 2.51. The van der Waals surface area contributed by atoms with Gasteiger partial charge in [-0.2, -0.15) is 4.80 Å². The van der Waals surface area contributed by atoms with Gasteiger partial charge in [0.2, 0.25) is 0 Å². The number of aliphatic hydroxyl groups excluding tert-OH is 1. The van der Waals surface area contributed by atoms with E-state index in [0.29, 0.717) is 12.2 Å². The molecule has 1 saturated heterocycles. The van der Waals surface area contributed by atoms with Crippen LogP contribution in [0, 0.1) is 0 Å². The highest BCUT2D eigenvalue weighted by atomic mass is 16.3. The molecule has 1 aromatic rings. The monoisotopic (exact) mass is 253 g/mol. The highest BCUT2D eigenvalue weighted by molar-refractivity contribution is 4.95. The van der Waals surface area contributed by atoms with Crippen LogP contribution < -0.4 is 0 Å². The minimum atomic E-state index is -0.472. The van der Waals surface area contributed by atoms with Crippen molar-refractivity contribution < 1.29 is 5.11 Å². The van der Waals surface area contributed by atoms with Gasteiger partial charge in [0.25, 0.3) is 0 Å². The second kappa shape index (κ2) is 5.32. The maximum Gasteiger partial charge on any atom is 0.177 e. The van der Waals surface area contributed by atoms with Gasteiger partial charge in [0.15, 0.2) is 5.82 Å². The molecule has 0 aliphatic carbocycles. The Labute approximate surface area is 108 Å². The second-order valence-electron chi connectivity index (χ2n) is 5.62. The Hall–Kier alpha value is -1.01. The molecule has 1 aromatic heterocycles. The number of aliphatic hydroxyl groups is 1. The second-order valence-corrected chi connectivity index (χ2v) is 5.62. The zero-order valence-corrected chi connectivity index (χ0v) is 11.5. The van der Waals surface area contributed by atoms with Crippen molar-refractivity contribution >= 4 is 0 Å². The van der Waals surface area contributed by atoms with Gasteiger partial charge >= 0.3 is 0 Å². The van der Waals surface area contributed by atoms with Crippen LogP contribution in [0.2, 0.25) is 0 Å². The molecule has 18 heavy (non-hydrogen) atoms. The lowest BCUT2D eigenvalue weighted by Gasteiger charge is -2.43. The number of hydrogen-bond acceptors (Lipinski definition) is 5. The zero-order chi connectivity index (χ0) is 13.2. The Morgan fingerprint density at radius 1 is 1.28 bits per heavy atom. The highest BCUT2D eigenvalue weighted by Crippen LogP contribution is 2.25. The maximum absolute atomic E-state index is 10.4. The van der Waals surface area contributed by atoms with Crippen molar-refractivity contribution in [1.29, 1.82) is 0 Å². The predicted molar refractivity (Wildman–Crippen MR) is 68.0 cm³/mol. The fourth-order valence-electron chi connectivity index (χ4n) is 2.51. The molecular weight excluding hydrogens is 230 g/mol. The minimum Gasteiger partial charge on any atom is -0.391 e. The van der Waals surface area contributed by atoms with E-state index in [9.17, 15) is 5.11 Å². The van der Waals surface area contributed by atoms with E-state index in [-0.39, 0.29) is 5.54 Å². The van der Waals surface area contributed by atoms with E-state index >= 15 is 0 Å². The summed E-state index contributed by atoms with van der Waals surface area (Å²) in [6, 6.07) is 0. The third-order valence-corrected chi connectivity index (χ3v) is 3.91. The average molecular weight is 253 g/mol. The van der Waals surface area contributed by atoms with E-state index in [1.165, 1.54) is 24.1 Å². The molecule has 1 N–H and O–H groups in total. The van der Waals surface area contributed by atoms with Gasteiger partial charge in [0, 0.05) is 12.0 Å². The quantitative estimate of drug-likeness (QED) is 0.840. The number of likely N-dealkylation sites (tertiary alicyclic amines) is 1. The van der Waals surface area contributed by atoms with Crippen molar-refractivity contribution in [3.8, 4) is 0 Å². The number of piperidine rings is 1. The van der Waals surface area contributed by atoms with Gasteiger partial charge in [0.1, 0.15) is 0 Å². The molecule has 2 rings (SSSR count). The van der Waals surface area contributed by atoms with Gasteiger partial charge in [0.05, 0.1) is 13.2 Å². The Kier molecular flexibility index (Phi) is 3.97. The van der Waals surface area contributed by atoms with Crippen LogP contribution in [0.5, 0.6) is 0 Å². The van der Waals surface area contributed by atoms with Crippen LogP contribution in [0.4, 0.5) is 0 Å². The number of tetrazole rings is 1. The lowest BCUT2D eigenvalue weighted by molar-refractivity contribution is -0.0196.